The molecule has 0 unspecified atom stereocenters. The number of fused-ring (bicyclic) bond motifs is 1. The summed E-state index contributed by atoms with van der Waals surface area (Å²) in [4.78, 5) is 25.9. The number of hydrogen-bond donors (Lipinski definition) is 1. The van der Waals surface area contributed by atoms with E-state index in [4.69, 9.17) is 0 Å². The predicted molar refractivity (Wildman–Crippen MR) is 108 cm³/mol. The van der Waals surface area contributed by atoms with Gasteiger partial charge < -0.3 is 14.6 Å². The summed E-state index contributed by atoms with van der Waals surface area (Å²) in [5.41, 5.74) is 1.18. The van der Waals surface area contributed by atoms with Crippen LogP contribution in [0, 0.1) is 0 Å². The van der Waals surface area contributed by atoms with Crippen LogP contribution in [0.3, 0.4) is 0 Å². The van der Waals surface area contributed by atoms with Gasteiger partial charge in [0, 0.05) is 24.9 Å². The summed E-state index contributed by atoms with van der Waals surface area (Å²) >= 11 is 0. The Morgan fingerprint density at radius 1 is 1.18 bits per heavy atom. The van der Waals surface area contributed by atoms with Gasteiger partial charge in [-0.3, -0.25) is 9.59 Å². The van der Waals surface area contributed by atoms with Crippen molar-refractivity contribution in [3.8, 4) is 5.88 Å². The standard InChI is InChI=1S/C21H28N4O3/c1-2-3-8-14-25-17-11-7-6-10-16(17)20(21(25)28)23-22-18(26)15-24-13-9-4-5-12-19(24)27/h6-7,10-11,28H,2-5,8-9,12-15H2,1H3. The van der Waals surface area contributed by atoms with E-state index in [2.05, 4.69) is 17.2 Å². The first kappa shape index (κ1) is 20.0. The highest BCUT2D eigenvalue weighted by atomic mass is 16.3. The van der Waals surface area contributed by atoms with Gasteiger partial charge in [0.25, 0.3) is 5.91 Å². The third-order valence-electron chi connectivity index (χ3n) is 5.16. The Morgan fingerprint density at radius 2 is 2.00 bits per heavy atom. The van der Waals surface area contributed by atoms with Crippen LogP contribution >= 0.6 is 0 Å². The minimum Gasteiger partial charge on any atom is -0.493 e. The van der Waals surface area contributed by atoms with Gasteiger partial charge in [0.1, 0.15) is 6.54 Å². The van der Waals surface area contributed by atoms with Gasteiger partial charge in [-0.15, -0.1) is 10.2 Å². The zero-order valence-electron chi connectivity index (χ0n) is 16.4. The van der Waals surface area contributed by atoms with E-state index in [0.717, 1.165) is 49.4 Å². The van der Waals surface area contributed by atoms with Gasteiger partial charge in [-0.25, -0.2) is 0 Å². The number of aryl methyl sites for hydroxylation is 1. The number of para-hydroxylation sites is 1. The molecule has 7 nitrogen and oxygen atoms in total. The molecule has 0 saturated carbocycles. The number of unbranched alkanes of at least 4 members (excludes halogenated alkanes) is 2. The topological polar surface area (TPSA) is 87.3 Å². The smallest absolute Gasteiger partial charge is 0.283 e. The van der Waals surface area contributed by atoms with Gasteiger partial charge in [0.05, 0.1) is 5.52 Å². The predicted octanol–water partition coefficient (Wildman–Crippen LogP) is 4.55. The van der Waals surface area contributed by atoms with Crippen molar-refractivity contribution in [1.82, 2.24) is 9.47 Å². The van der Waals surface area contributed by atoms with Crippen molar-refractivity contribution in [2.24, 2.45) is 10.2 Å². The number of carbonyl (C=O) groups is 2. The molecule has 150 valence electrons. The zero-order valence-corrected chi connectivity index (χ0v) is 16.4. The summed E-state index contributed by atoms with van der Waals surface area (Å²) in [6, 6.07) is 7.57. The van der Waals surface area contributed by atoms with Gasteiger partial charge in [0.15, 0.2) is 5.69 Å². The summed E-state index contributed by atoms with van der Waals surface area (Å²) in [5.74, 6) is -0.450. The molecule has 1 N–H and O–H groups in total. The van der Waals surface area contributed by atoms with Crippen molar-refractivity contribution < 1.29 is 14.7 Å². The quantitative estimate of drug-likeness (QED) is 0.561. The van der Waals surface area contributed by atoms with Crippen LogP contribution in [0.1, 0.15) is 51.9 Å². The molecule has 3 rings (SSSR count). The zero-order chi connectivity index (χ0) is 19.9. The number of likely N-dealkylation sites (tertiary alicyclic amines) is 1. The first-order valence-corrected chi connectivity index (χ1v) is 10.1. The fourth-order valence-electron chi connectivity index (χ4n) is 3.62. The minimum absolute atomic E-state index is 0.00331. The van der Waals surface area contributed by atoms with Gasteiger partial charge >= 0.3 is 0 Å². The molecule has 0 aliphatic carbocycles. The van der Waals surface area contributed by atoms with E-state index < -0.39 is 5.91 Å². The highest BCUT2D eigenvalue weighted by molar-refractivity contribution is 5.95. The second-order valence-electron chi connectivity index (χ2n) is 7.27. The lowest BCUT2D eigenvalue weighted by atomic mass is 10.2. The Labute approximate surface area is 165 Å². The van der Waals surface area contributed by atoms with E-state index in [1.807, 2.05) is 28.8 Å². The summed E-state index contributed by atoms with van der Waals surface area (Å²) in [6.07, 6.45) is 6.38. The van der Waals surface area contributed by atoms with Crippen molar-refractivity contribution in [2.75, 3.05) is 13.1 Å². The number of aromatic nitrogens is 1. The molecule has 28 heavy (non-hydrogen) atoms. The molecule has 2 aromatic rings. The van der Waals surface area contributed by atoms with Crippen LogP contribution in [-0.2, 0) is 16.1 Å². The molecule has 2 amide bonds. The van der Waals surface area contributed by atoms with E-state index in [0.29, 0.717) is 25.2 Å². The minimum atomic E-state index is -0.475. The molecule has 1 aliphatic rings. The molecule has 1 saturated heterocycles. The van der Waals surface area contributed by atoms with E-state index >= 15 is 0 Å². The number of nitrogens with zero attached hydrogens (tertiary/aromatic N) is 4. The number of azo groups is 1. The van der Waals surface area contributed by atoms with Crippen molar-refractivity contribution in [3.63, 3.8) is 0 Å². The molecule has 1 fully saturated rings. The lowest BCUT2D eigenvalue weighted by Gasteiger charge is -2.17. The van der Waals surface area contributed by atoms with Crippen molar-refractivity contribution in [3.05, 3.63) is 24.3 Å². The van der Waals surface area contributed by atoms with E-state index in [1.165, 1.54) is 0 Å². The molecule has 7 heteroatoms. The molecule has 0 spiro atoms. The van der Waals surface area contributed by atoms with E-state index in [9.17, 15) is 14.7 Å². The van der Waals surface area contributed by atoms with Crippen molar-refractivity contribution in [2.45, 2.75) is 58.4 Å². The molecule has 0 radical (unpaired) electrons. The number of hydrogen-bond acceptors (Lipinski definition) is 4. The Hall–Kier alpha value is -2.70. The number of carbonyl (C=O) groups excluding carboxylic acids is 2. The normalized spacial score (nSPS) is 15.5. The molecule has 0 bridgehead atoms. The van der Waals surface area contributed by atoms with Crippen LogP contribution in [0.4, 0.5) is 5.69 Å². The van der Waals surface area contributed by atoms with Crippen LogP contribution < -0.4 is 0 Å². The largest absolute Gasteiger partial charge is 0.493 e. The van der Waals surface area contributed by atoms with Crippen LogP contribution in [0.25, 0.3) is 10.9 Å². The van der Waals surface area contributed by atoms with Gasteiger partial charge in [-0.1, -0.05) is 44.4 Å². The third kappa shape index (κ3) is 4.58. The lowest BCUT2D eigenvalue weighted by Crippen LogP contribution is -2.34. The highest BCUT2D eigenvalue weighted by Gasteiger charge is 2.20. The summed E-state index contributed by atoms with van der Waals surface area (Å²) in [6.45, 7) is 3.35. The highest BCUT2D eigenvalue weighted by Crippen LogP contribution is 2.39. The van der Waals surface area contributed by atoms with Crippen LogP contribution in [0.15, 0.2) is 34.5 Å². The Kier molecular flexibility index (Phi) is 6.79. The molecular weight excluding hydrogens is 356 g/mol. The fraction of sp³-hybridized carbons (Fsp3) is 0.524. The monoisotopic (exact) mass is 384 g/mol. The second kappa shape index (κ2) is 9.48. The maximum atomic E-state index is 12.3. The number of amides is 2. The first-order chi connectivity index (χ1) is 13.6. The van der Waals surface area contributed by atoms with E-state index in [1.54, 1.807) is 4.90 Å². The Balaban J connectivity index is 1.78. The molecule has 1 aliphatic heterocycles. The Morgan fingerprint density at radius 3 is 2.82 bits per heavy atom. The lowest BCUT2D eigenvalue weighted by molar-refractivity contribution is -0.134. The van der Waals surface area contributed by atoms with Crippen molar-refractivity contribution in [1.29, 1.82) is 0 Å². The van der Waals surface area contributed by atoms with Crippen LogP contribution in [-0.4, -0.2) is 39.5 Å². The average Bonchev–Trinajstić information content (AvgIpc) is 2.81. The molecular formula is C21H28N4O3. The number of aromatic hydroxyl groups is 1. The maximum absolute atomic E-state index is 12.3. The number of benzene rings is 1. The van der Waals surface area contributed by atoms with Gasteiger partial charge in [-0.05, 0) is 25.3 Å². The number of rotatable bonds is 7. The van der Waals surface area contributed by atoms with Gasteiger partial charge in [-0.2, -0.15) is 0 Å². The molecule has 1 aromatic heterocycles. The summed E-state index contributed by atoms with van der Waals surface area (Å²) in [5, 5.41) is 19.3. The summed E-state index contributed by atoms with van der Waals surface area (Å²) < 4.78 is 1.82. The second-order valence-corrected chi connectivity index (χ2v) is 7.27. The molecule has 2 heterocycles. The SMILES string of the molecule is CCCCCn1c(O)c(N=NC(=O)CN2CCCCCC2=O)c2ccccc21. The Bertz CT molecular complexity index is 872. The van der Waals surface area contributed by atoms with E-state index in [-0.39, 0.29) is 18.3 Å². The van der Waals surface area contributed by atoms with Gasteiger partial charge in [0.2, 0.25) is 11.8 Å². The van der Waals surface area contributed by atoms with Crippen LogP contribution in [0.5, 0.6) is 5.88 Å². The fourth-order valence-corrected chi connectivity index (χ4v) is 3.62. The molecule has 1 aromatic carbocycles. The van der Waals surface area contributed by atoms with Crippen LogP contribution in [0.2, 0.25) is 0 Å². The van der Waals surface area contributed by atoms with Crippen molar-refractivity contribution >= 4 is 28.4 Å². The first-order valence-electron chi connectivity index (χ1n) is 10.1. The maximum Gasteiger partial charge on any atom is 0.283 e. The molecule has 0 atom stereocenters. The average molecular weight is 384 g/mol. The summed E-state index contributed by atoms with van der Waals surface area (Å²) in [7, 11) is 0. The third-order valence-corrected chi connectivity index (χ3v) is 5.16.